The quantitative estimate of drug-likeness (QED) is 0.707. The number of ether oxygens (including phenoxy) is 1. The minimum Gasteiger partial charge on any atom is -0.491 e. The molecule has 2 amide bonds. The van der Waals surface area contributed by atoms with Crippen molar-refractivity contribution >= 4 is 11.8 Å². The van der Waals surface area contributed by atoms with Crippen molar-refractivity contribution in [2.75, 3.05) is 19.7 Å². The highest BCUT2D eigenvalue weighted by molar-refractivity contribution is 5.81. The fraction of sp³-hybridized carbons (Fsp3) is 0.458. The van der Waals surface area contributed by atoms with Gasteiger partial charge in [0.25, 0.3) is 0 Å². The molecule has 0 unspecified atom stereocenters. The molecule has 0 N–H and O–H groups in total. The third-order valence-corrected chi connectivity index (χ3v) is 5.83. The Labute approximate surface area is 177 Å². The maximum Gasteiger partial charge on any atom is 0.226 e. The Balaban J connectivity index is 1.37. The topological polar surface area (TPSA) is 62.7 Å². The highest BCUT2D eigenvalue weighted by atomic mass is 16.5. The molecular weight excluding hydrogens is 378 g/mol. The van der Waals surface area contributed by atoms with Gasteiger partial charge in [-0.2, -0.15) is 0 Å². The lowest BCUT2D eigenvalue weighted by Gasteiger charge is -2.21. The van der Waals surface area contributed by atoms with Crippen LogP contribution in [0.4, 0.5) is 0 Å². The van der Waals surface area contributed by atoms with Crippen LogP contribution in [0.2, 0.25) is 0 Å². The molecule has 1 aliphatic carbocycles. The number of hydrogen-bond donors (Lipinski definition) is 0. The third kappa shape index (κ3) is 4.99. The molecule has 6 nitrogen and oxygen atoms in total. The number of pyridine rings is 1. The molecule has 0 spiro atoms. The van der Waals surface area contributed by atoms with E-state index in [1.54, 1.807) is 12.4 Å². The largest absolute Gasteiger partial charge is 0.491 e. The zero-order valence-electron chi connectivity index (χ0n) is 17.5. The average molecular weight is 408 g/mol. The zero-order valence-corrected chi connectivity index (χ0v) is 17.5. The van der Waals surface area contributed by atoms with Gasteiger partial charge in [0.05, 0.1) is 6.54 Å². The smallest absolute Gasteiger partial charge is 0.226 e. The fourth-order valence-corrected chi connectivity index (χ4v) is 3.87. The molecule has 1 aromatic heterocycles. The van der Waals surface area contributed by atoms with Crippen molar-refractivity contribution in [3.63, 3.8) is 0 Å². The summed E-state index contributed by atoms with van der Waals surface area (Å²) in [4.78, 5) is 33.1. The van der Waals surface area contributed by atoms with Crippen LogP contribution >= 0.6 is 0 Å². The Bertz CT molecular complexity index is 896. The molecule has 0 saturated heterocycles. The normalized spacial score (nSPS) is 15.7. The SMILES string of the molecule is CCN(Cc1ccncc1)C(=O)CCc1ccc2c(c1)CN(C(=O)C1CC1)CCO2. The van der Waals surface area contributed by atoms with E-state index in [-0.39, 0.29) is 17.7 Å². The van der Waals surface area contributed by atoms with Gasteiger partial charge in [0.1, 0.15) is 12.4 Å². The number of aromatic nitrogens is 1. The van der Waals surface area contributed by atoms with E-state index < -0.39 is 0 Å². The summed E-state index contributed by atoms with van der Waals surface area (Å²) in [5, 5.41) is 0. The summed E-state index contributed by atoms with van der Waals surface area (Å²) in [5.41, 5.74) is 3.23. The molecule has 2 aliphatic rings. The van der Waals surface area contributed by atoms with Gasteiger partial charge in [0.2, 0.25) is 11.8 Å². The number of carbonyl (C=O) groups excluding carboxylic acids is 2. The summed E-state index contributed by atoms with van der Waals surface area (Å²) in [5.74, 6) is 1.46. The lowest BCUT2D eigenvalue weighted by atomic mass is 10.0. The Kier molecular flexibility index (Phi) is 6.31. The van der Waals surface area contributed by atoms with Crippen molar-refractivity contribution in [2.24, 2.45) is 5.92 Å². The van der Waals surface area contributed by atoms with E-state index in [0.29, 0.717) is 45.6 Å². The summed E-state index contributed by atoms with van der Waals surface area (Å²) >= 11 is 0. The molecular formula is C24H29N3O3. The Hall–Kier alpha value is -2.89. The zero-order chi connectivity index (χ0) is 20.9. The second-order valence-electron chi connectivity index (χ2n) is 8.09. The van der Waals surface area contributed by atoms with Crippen LogP contribution in [0.1, 0.15) is 42.9 Å². The highest BCUT2D eigenvalue weighted by Gasteiger charge is 2.34. The first-order valence-electron chi connectivity index (χ1n) is 10.8. The van der Waals surface area contributed by atoms with E-state index in [9.17, 15) is 9.59 Å². The lowest BCUT2D eigenvalue weighted by Crippen LogP contribution is -2.33. The Morgan fingerprint density at radius 1 is 1.17 bits per heavy atom. The second kappa shape index (κ2) is 9.28. The molecule has 30 heavy (non-hydrogen) atoms. The number of fused-ring (bicyclic) bond motifs is 1. The minimum atomic E-state index is 0.144. The van der Waals surface area contributed by atoms with Crippen LogP contribution in [0.25, 0.3) is 0 Å². The van der Waals surface area contributed by atoms with Crippen molar-refractivity contribution in [3.8, 4) is 5.75 Å². The summed E-state index contributed by atoms with van der Waals surface area (Å²) in [6.45, 7) is 5.05. The molecule has 6 heteroatoms. The van der Waals surface area contributed by atoms with Crippen molar-refractivity contribution in [1.29, 1.82) is 0 Å². The molecule has 1 saturated carbocycles. The second-order valence-corrected chi connectivity index (χ2v) is 8.09. The molecule has 0 radical (unpaired) electrons. The van der Waals surface area contributed by atoms with E-state index in [0.717, 1.165) is 35.3 Å². The van der Waals surface area contributed by atoms with E-state index in [1.165, 1.54) is 0 Å². The summed E-state index contributed by atoms with van der Waals surface area (Å²) in [7, 11) is 0. The molecule has 1 aromatic carbocycles. The van der Waals surface area contributed by atoms with Gasteiger partial charge in [-0.15, -0.1) is 0 Å². The van der Waals surface area contributed by atoms with Gasteiger partial charge in [-0.1, -0.05) is 12.1 Å². The Morgan fingerprint density at radius 2 is 1.97 bits per heavy atom. The molecule has 0 atom stereocenters. The summed E-state index contributed by atoms with van der Waals surface area (Å²) in [6, 6.07) is 9.99. The standard InChI is InChI=1S/C24H29N3O3/c1-2-26(16-19-9-11-25-12-10-19)23(28)8-4-18-3-7-22-21(15-18)17-27(13-14-30-22)24(29)20-5-6-20/h3,7,9-12,15,20H,2,4-6,8,13-14,16-17H2,1H3. The third-order valence-electron chi connectivity index (χ3n) is 5.83. The highest BCUT2D eigenvalue weighted by Crippen LogP contribution is 2.33. The monoisotopic (exact) mass is 407 g/mol. The van der Waals surface area contributed by atoms with Gasteiger partial charge < -0.3 is 14.5 Å². The molecule has 2 heterocycles. The van der Waals surface area contributed by atoms with Crippen molar-refractivity contribution in [2.45, 2.75) is 45.7 Å². The number of benzene rings is 1. The van der Waals surface area contributed by atoms with Crippen LogP contribution in [0.15, 0.2) is 42.7 Å². The van der Waals surface area contributed by atoms with Crippen LogP contribution in [0, 0.1) is 5.92 Å². The van der Waals surface area contributed by atoms with E-state index >= 15 is 0 Å². The van der Waals surface area contributed by atoms with Gasteiger partial charge in [-0.25, -0.2) is 0 Å². The number of nitrogens with zero attached hydrogens (tertiary/aromatic N) is 3. The first kappa shape index (κ1) is 20.4. The first-order valence-corrected chi connectivity index (χ1v) is 10.8. The predicted octanol–water partition coefficient (Wildman–Crippen LogP) is 3.19. The van der Waals surface area contributed by atoms with Crippen molar-refractivity contribution in [3.05, 3.63) is 59.4 Å². The van der Waals surface area contributed by atoms with Crippen molar-refractivity contribution < 1.29 is 14.3 Å². The molecule has 0 bridgehead atoms. The van der Waals surface area contributed by atoms with Crippen LogP contribution in [0.3, 0.4) is 0 Å². The van der Waals surface area contributed by atoms with Crippen LogP contribution in [0.5, 0.6) is 5.75 Å². The van der Waals surface area contributed by atoms with E-state index in [1.807, 2.05) is 41.0 Å². The molecule has 158 valence electrons. The van der Waals surface area contributed by atoms with Crippen LogP contribution in [-0.2, 0) is 29.1 Å². The fourth-order valence-electron chi connectivity index (χ4n) is 3.87. The van der Waals surface area contributed by atoms with E-state index in [4.69, 9.17) is 4.74 Å². The van der Waals surface area contributed by atoms with Crippen LogP contribution < -0.4 is 4.74 Å². The minimum absolute atomic E-state index is 0.144. The summed E-state index contributed by atoms with van der Waals surface area (Å²) < 4.78 is 5.86. The van der Waals surface area contributed by atoms with Gasteiger partial charge in [-0.05, 0) is 55.5 Å². The average Bonchev–Trinajstić information content (AvgIpc) is 3.62. The predicted molar refractivity (Wildman–Crippen MR) is 114 cm³/mol. The van der Waals surface area contributed by atoms with Gasteiger partial charge in [-0.3, -0.25) is 14.6 Å². The molecule has 4 rings (SSSR count). The molecule has 1 aliphatic heterocycles. The molecule has 2 aromatic rings. The Morgan fingerprint density at radius 3 is 2.70 bits per heavy atom. The lowest BCUT2D eigenvalue weighted by molar-refractivity contribution is -0.133. The molecule has 1 fully saturated rings. The van der Waals surface area contributed by atoms with Crippen LogP contribution in [-0.4, -0.2) is 46.3 Å². The maximum absolute atomic E-state index is 12.8. The van der Waals surface area contributed by atoms with E-state index in [2.05, 4.69) is 11.1 Å². The van der Waals surface area contributed by atoms with Gasteiger partial charge in [0.15, 0.2) is 0 Å². The van der Waals surface area contributed by atoms with Gasteiger partial charge in [0, 0.05) is 49.9 Å². The number of rotatable bonds is 7. The number of carbonyl (C=O) groups is 2. The van der Waals surface area contributed by atoms with Crippen molar-refractivity contribution in [1.82, 2.24) is 14.8 Å². The number of amides is 2. The first-order chi connectivity index (χ1) is 14.6. The number of aryl methyl sites for hydroxylation is 1. The maximum atomic E-state index is 12.8. The van der Waals surface area contributed by atoms with Gasteiger partial charge >= 0.3 is 0 Å². The number of hydrogen-bond acceptors (Lipinski definition) is 4. The summed E-state index contributed by atoms with van der Waals surface area (Å²) in [6.07, 6.45) is 6.67.